The molecule has 0 bridgehead atoms. The van der Waals surface area contributed by atoms with Crippen molar-refractivity contribution in [3.8, 4) is 0 Å². The zero-order valence-electron chi connectivity index (χ0n) is 11.2. The summed E-state index contributed by atoms with van der Waals surface area (Å²) in [6.45, 7) is 4.68. The Morgan fingerprint density at radius 2 is 2.16 bits per heavy atom. The van der Waals surface area contributed by atoms with Crippen LogP contribution in [0, 0.1) is 0 Å². The topological polar surface area (TPSA) is 70.2 Å². The van der Waals surface area contributed by atoms with Gasteiger partial charge < -0.3 is 16.0 Å². The molecule has 2 amide bonds. The second-order valence-corrected chi connectivity index (χ2v) is 4.95. The summed E-state index contributed by atoms with van der Waals surface area (Å²) in [7, 11) is 0. The molecule has 1 aromatic carbocycles. The Morgan fingerprint density at radius 3 is 2.89 bits per heavy atom. The summed E-state index contributed by atoms with van der Waals surface area (Å²) in [4.78, 5) is 23.4. The molecular weight excluding hydrogens is 242 g/mol. The Labute approximate surface area is 112 Å². The minimum Gasteiger partial charge on any atom is -0.384 e. The van der Waals surface area contributed by atoms with Crippen molar-refractivity contribution in [2.24, 2.45) is 0 Å². The lowest BCUT2D eigenvalue weighted by atomic mass is 10.1. The van der Waals surface area contributed by atoms with Crippen molar-refractivity contribution in [3.05, 3.63) is 29.3 Å². The van der Waals surface area contributed by atoms with E-state index in [4.69, 9.17) is 0 Å². The van der Waals surface area contributed by atoms with Crippen LogP contribution in [0.15, 0.2) is 18.2 Å². The number of amides is 2. The first kappa shape index (κ1) is 13.4. The van der Waals surface area contributed by atoms with Gasteiger partial charge in [-0.05, 0) is 38.0 Å². The molecule has 0 atom stereocenters. The largest absolute Gasteiger partial charge is 0.384 e. The van der Waals surface area contributed by atoms with Gasteiger partial charge >= 0.3 is 0 Å². The highest BCUT2D eigenvalue weighted by Gasteiger charge is 2.14. The van der Waals surface area contributed by atoms with Crippen molar-refractivity contribution < 1.29 is 9.59 Å². The van der Waals surface area contributed by atoms with E-state index < -0.39 is 0 Å². The van der Waals surface area contributed by atoms with E-state index in [2.05, 4.69) is 16.0 Å². The number of carbonyl (C=O) groups excluding carboxylic acids is 2. The summed E-state index contributed by atoms with van der Waals surface area (Å²) in [5, 5.41) is 8.57. The molecule has 0 radical (unpaired) electrons. The van der Waals surface area contributed by atoms with E-state index in [1.165, 1.54) is 5.56 Å². The average molecular weight is 261 g/mol. The van der Waals surface area contributed by atoms with Gasteiger partial charge in [0.15, 0.2) is 0 Å². The molecule has 1 aromatic rings. The SMILES string of the molecule is CC(C)NC(=O)CNC(=O)c1ccc2c(c1)NCC2. The van der Waals surface area contributed by atoms with Crippen LogP contribution in [-0.2, 0) is 11.2 Å². The van der Waals surface area contributed by atoms with E-state index in [9.17, 15) is 9.59 Å². The molecule has 5 nitrogen and oxygen atoms in total. The van der Waals surface area contributed by atoms with Crippen LogP contribution < -0.4 is 16.0 Å². The Morgan fingerprint density at radius 1 is 1.37 bits per heavy atom. The van der Waals surface area contributed by atoms with Gasteiger partial charge in [-0.25, -0.2) is 0 Å². The maximum absolute atomic E-state index is 11.9. The Kier molecular flexibility index (Phi) is 4.04. The molecule has 102 valence electrons. The third-order valence-corrected chi connectivity index (χ3v) is 2.94. The van der Waals surface area contributed by atoms with E-state index in [0.29, 0.717) is 5.56 Å². The molecule has 0 fully saturated rings. The molecule has 0 unspecified atom stereocenters. The van der Waals surface area contributed by atoms with Crippen molar-refractivity contribution in [1.82, 2.24) is 10.6 Å². The van der Waals surface area contributed by atoms with E-state index >= 15 is 0 Å². The zero-order valence-corrected chi connectivity index (χ0v) is 11.2. The molecule has 2 rings (SSSR count). The summed E-state index contributed by atoms with van der Waals surface area (Å²) in [6.07, 6.45) is 0.994. The fourth-order valence-electron chi connectivity index (χ4n) is 2.07. The van der Waals surface area contributed by atoms with Gasteiger partial charge in [-0.3, -0.25) is 9.59 Å². The van der Waals surface area contributed by atoms with Crippen molar-refractivity contribution in [2.45, 2.75) is 26.3 Å². The van der Waals surface area contributed by atoms with Gasteiger partial charge in [0.05, 0.1) is 6.54 Å². The van der Waals surface area contributed by atoms with Crippen LogP contribution >= 0.6 is 0 Å². The van der Waals surface area contributed by atoms with Crippen molar-refractivity contribution in [3.63, 3.8) is 0 Å². The van der Waals surface area contributed by atoms with E-state index in [1.54, 1.807) is 6.07 Å². The van der Waals surface area contributed by atoms with Crippen LogP contribution in [0.2, 0.25) is 0 Å². The quantitative estimate of drug-likeness (QED) is 0.754. The highest BCUT2D eigenvalue weighted by molar-refractivity contribution is 5.97. The molecule has 0 aliphatic carbocycles. The first-order valence-electron chi connectivity index (χ1n) is 6.50. The van der Waals surface area contributed by atoms with Gasteiger partial charge in [0.25, 0.3) is 5.91 Å². The monoisotopic (exact) mass is 261 g/mol. The van der Waals surface area contributed by atoms with Gasteiger partial charge in [-0.2, -0.15) is 0 Å². The molecule has 5 heteroatoms. The molecule has 0 saturated carbocycles. The van der Waals surface area contributed by atoms with E-state index in [0.717, 1.165) is 18.7 Å². The molecule has 0 saturated heterocycles. The van der Waals surface area contributed by atoms with Crippen molar-refractivity contribution in [2.75, 3.05) is 18.4 Å². The number of fused-ring (bicyclic) bond motifs is 1. The molecule has 19 heavy (non-hydrogen) atoms. The third kappa shape index (κ3) is 3.47. The molecule has 1 aliphatic rings. The predicted molar refractivity (Wildman–Crippen MR) is 74.2 cm³/mol. The number of nitrogens with one attached hydrogen (secondary N) is 3. The lowest BCUT2D eigenvalue weighted by Crippen LogP contribution is -2.39. The standard InChI is InChI=1S/C14H19N3O2/c1-9(2)17-13(18)8-16-14(19)11-4-3-10-5-6-15-12(10)7-11/h3-4,7,9,15H,5-6,8H2,1-2H3,(H,16,19)(H,17,18). The second kappa shape index (κ2) is 5.73. The lowest BCUT2D eigenvalue weighted by molar-refractivity contribution is -0.120. The molecule has 0 aromatic heterocycles. The maximum atomic E-state index is 11.9. The molecule has 1 aliphatic heterocycles. The number of benzene rings is 1. The normalized spacial score (nSPS) is 12.8. The highest BCUT2D eigenvalue weighted by Crippen LogP contribution is 2.22. The van der Waals surface area contributed by atoms with Crippen LogP contribution in [-0.4, -0.2) is 30.9 Å². The summed E-state index contributed by atoms with van der Waals surface area (Å²) in [5.74, 6) is -0.405. The fraction of sp³-hybridized carbons (Fsp3) is 0.429. The van der Waals surface area contributed by atoms with Crippen molar-refractivity contribution >= 4 is 17.5 Å². The van der Waals surface area contributed by atoms with Gasteiger partial charge in [-0.1, -0.05) is 6.07 Å². The Bertz CT molecular complexity index is 497. The number of carbonyl (C=O) groups is 2. The first-order valence-corrected chi connectivity index (χ1v) is 6.50. The maximum Gasteiger partial charge on any atom is 0.251 e. The summed E-state index contributed by atoms with van der Waals surface area (Å²) >= 11 is 0. The van der Waals surface area contributed by atoms with Crippen LogP contribution in [0.3, 0.4) is 0 Å². The minimum absolute atomic E-state index is 0.00151. The number of rotatable bonds is 4. The number of hydrogen-bond acceptors (Lipinski definition) is 3. The number of hydrogen-bond donors (Lipinski definition) is 3. The molecule has 3 N–H and O–H groups in total. The Balaban J connectivity index is 1.91. The van der Waals surface area contributed by atoms with Gasteiger partial charge in [0.2, 0.25) is 5.91 Å². The summed E-state index contributed by atoms with van der Waals surface area (Å²) in [6, 6.07) is 5.66. The van der Waals surface area contributed by atoms with Crippen LogP contribution in [0.25, 0.3) is 0 Å². The molecule has 0 spiro atoms. The van der Waals surface area contributed by atoms with Gasteiger partial charge in [0, 0.05) is 23.8 Å². The Hall–Kier alpha value is -2.04. The molecule has 1 heterocycles. The number of anilines is 1. The second-order valence-electron chi connectivity index (χ2n) is 4.95. The highest BCUT2D eigenvalue weighted by atomic mass is 16.2. The first-order chi connectivity index (χ1) is 9.06. The van der Waals surface area contributed by atoms with Gasteiger partial charge in [-0.15, -0.1) is 0 Å². The fourth-order valence-corrected chi connectivity index (χ4v) is 2.07. The average Bonchev–Trinajstić information content (AvgIpc) is 2.82. The van der Waals surface area contributed by atoms with Crippen molar-refractivity contribution in [1.29, 1.82) is 0 Å². The smallest absolute Gasteiger partial charge is 0.251 e. The van der Waals surface area contributed by atoms with E-state index in [-0.39, 0.29) is 24.4 Å². The van der Waals surface area contributed by atoms with Gasteiger partial charge in [0.1, 0.15) is 0 Å². The lowest BCUT2D eigenvalue weighted by Gasteiger charge is -2.10. The third-order valence-electron chi connectivity index (χ3n) is 2.94. The zero-order chi connectivity index (χ0) is 13.8. The predicted octanol–water partition coefficient (Wildman–Crippen LogP) is 0.909. The molecular formula is C14H19N3O2. The summed E-state index contributed by atoms with van der Waals surface area (Å²) < 4.78 is 0. The van der Waals surface area contributed by atoms with Crippen LogP contribution in [0.4, 0.5) is 5.69 Å². The van der Waals surface area contributed by atoms with E-state index in [1.807, 2.05) is 26.0 Å². The van der Waals surface area contributed by atoms with Crippen LogP contribution in [0.5, 0.6) is 0 Å². The minimum atomic E-state index is -0.226. The van der Waals surface area contributed by atoms with Crippen LogP contribution in [0.1, 0.15) is 29.8 Å². The summed E-state index contributed by atoms with van der Waals surface area (Å²) in [5.41, 5.74) is 2.82.